The molecule has 2 aromatic rings. The number of nitrogens with one attached hydrogen (secondary N) is 1. The summed E-state index contributed by atoms with van der Waals surface area (Å²) < 4.78 is 10.8. The van der Waals surface area contributed by atoms with E-state index in [-0.39, 0.29) is 18.8 Å². The minimum Gasteiger partial charge on any atom is -0.489 e. The smallest absolute Gasteiger partial charge is 0.305 e. The van der Waals surface area contributed by atoms with Crippen molar-refractivity contribution in [3.05, 3.63) is 54.0 Å². The first-order valence-electron chi connectivity index (χ1n) is 6.83. The van der Waals surface area contributed by atoms with Crippen molar-refractivity contribution in [2.75, 3.05) is 0 Å². The number of para-hydroxylation sites is 1. The molecule has 22 heavy (non-hydrogen) atoms. The molecule has 0 radical (unpaired) electrons. The summed E-state index contributed by atoms with van der Waals surface area (Å²) in [5, 5.41) is 11.3. The fraction of sp³-hybridized carbons (Fsp3) is 0.250. The van der Waals surface area contributed by atoms with Crippen molar-refractivity contribution in [1.29, 1.82) is 0 Å². The molecule has 1 unspecified atom stereocenters. The number of rotatable bonds is 7. The Balaban J connectivity index is 1.96. The maximum atomic E-state index is 12.1. The molecule has 2 rings (SSSR count). The van der Waals surface area contributed by atoms with Gasteiger partial charge in [0, 0.05) is 11.6 Å². The fourth-order valence-electron chi connectivity index (χ4n) is 1.93. The molecular weight excluding hydrogens is 286 g/mol. The summed E-state index contributed by atoms with van der Waals surface area (Å²) in [6.07, 6.45) is 1.25. The van der Waals surface area contributed by atoms with Crippen molar-refractivity contribution in [3.8, 4) is 5.75 Å². The van der Waals surface area contributed by atoms with Crippen LogP contribution in [0.5, 0.6) is 5.75 Å². The van der Waals surface area contributed by atoms with Crippen LogP contribution in [0.15, 0.2) is 47.1 Å². The van der Waals surface area contributed by atoms with Gasteiger partial charge in [-0.3, -0.25) is 9.59 Å². The molecule has 6 nitrogen and oxygen atoms in total. The van der Waals surface area contributed by atoms with Crippen LogP contribution in [-0.2, 0) is 11.4 Å². The third-order valence-electron chi connectivity index (χ3n) is 2.95. The van der Waals surface area contributed by atoms with Crippen LogP contribution in [0.4, 0.5) is 0 Å². The molecule has 0 bridgehead atoms. The maximum Gasteiger partial charge on any atom is 0.305 e. The van der Waals surface area contributed by atoms with Crippen LogP contribution in [0.2, 0.25) is 0 Å². The molecule has 1 amide bonds. The molecule has 1 heterocycles. The van der Waals surface area contributed by atoms with Gasteiger partial charge in [0.15, 0.2) is 5.76 Å². The number of carboxylic acids is 1. The van der Waals surface area contributed by atoms with E-state index in [0.29, 0.717) is 11.3 Å². The molecule has 0 saturated carbocycles. The van der Waals surface area contributed by atoms with Gasteiger partial charge in [0.2, 0.25) is 0 Å². The van der Waals surface area contributed by atoms with Gasteiger partial charge in [-0.2, -0.15) is 0 Å². The van der Waals surface area contributed by atoms with Gasteiger partial charge < -0.3 is 19.6 Å². The highest BCUT2D eigenvalue weighted by Crippen LogP contribution is 2.16. The van der Waals surface area contributed by atoms with Crippen molar-refractivity contribution in [3.63, 3.8) is 0 Å². The average Bonchev–Trinajstić information content (AvgIpc) is 2.93. The second-order valence-corrected chi connectivity index (χ2v) is 4.85. The lowest BCUT2D eigenvalue weighted by molar-refractivity contribution is -0.137. The van der Waals surface area contributed by atoms with Crippen molar-refractivity contribution < 1.29 is 23.8 Å². The van der Waals surface area contributed by atoms with Crippen molar-refractivity contribution in [2.24, 2.45) is 0 Å². The largest absolute Gasteiger partial charge is 0.489 e. The van der Waals surface area contributed by atoms with E-state index >= 15 is 0 Å². The lowest BCUT2D eigenvalue weighted by Crippen LogP contribution is -2.34. The van der Waals surface area contributed by atoms with Gasteiger partial charge in [0.05, 0.1) is 12.7 Å². The molecule has 0 aliphatic rings. The van der Waals surface area contributed by atoms with E-state index in [1.54, 1.807) is 13.0 Å². The first kappa shape index (κ1) is 15.6. The number of carbonyl (C=O) groups is 2. The van der Waals surface area contributed by atoms with E-state index in [9.17, 15) is 9.59 Å². The van der Waals surface area contributed by atoms with Crippen LogP contribution in [0.3, 0.4) is 0 Å². The second kappa shape index (κ2) is 7.31. The second-order valence-electron chi connectivity index (χ2n) is 4.85. The summed E-state index contributed by atoms with van der Waals surface area (Å²) in [5.41, 5.74) is 0.601. The highest BCUT2D eigenvalue weighted by atomic mass is 16.5. The van der Waals surface area contributed by atoms with E-state index < -0.39 is 17.9 Å². The molecule has 0 aliphatic carbocycles. The Bertz CT molecular complexity index is 635. The summed E-state index contributed by atoms with van der Waals surface area (Å²) >= 11 is 0. The summed E-state index contributed by atoms with van der Waals surface area (Å²) in [6, 6.07) is 10.4. The molecule has 6 heteroatoms. The monoisotopic (exact) mass is 303 g/mol. The molecule has 0 spiro atoms. The third kappa shape index (κ3) is 4.37. The highest BCUT2D eigenvalue weighted by Gasteiger charge is 2.19. The van der Waals surface area contributed by atoms with Crippen molar-refractivity contribution in [1.82, 2.24) is 5.32 Å². The number of hydrogen-bond donors (Lipinski definition) is 2. The number of furan rings is 1. The lowest BCUT2D eigenvalue weighted by Gasteiger charge is -2.11. The van der Waals surface area contributed by atoms with E-state index in [1.165, 1.54) is 6.26 Å². The van der Waals surface area contributed by atoms with Crippen LogP contribution in [0.25, 0.3) is 0 Å². The predicted molar refractivity (Wildman–Crippen MR) is 78.7 cm³/mol. The molecular formula is C16H17NO5. The van der Waals surface area contributed by atoms with Crippen LogP contribution in [0.1, 0.15) is 29.5 Å². The van der Waals surface area contributed by atoms with Crippen molar-refractivity contribution >= 4 is 11.9 Å². The molecule has 0 fully saturated rings. The number of aliphatic carboxylic acids is 1. The fourth-order valence-corrected chi connectivity index (χ4v) is 1.93. The Morgan fingerprint density at radius 2 is 2.00 bits per heavy atom. The molecule has 1 aromatic carbocycles. The van der Waals surface area contributed by atoms with Gasteiger partial charge in [0.25, 0.3) is 5.91 Å². The average molecular weight is 303 g/mol. The van der Waals surface area contributed by atoms with Crippen LogP contribution >= 0.6 is 0 Å². The third-order valence-corrected chi connectivity index (χ3v) is 2.95. The Kier molecular flexibility index (Phi) is 5.19. The topological polar surface area (TPSA) is 88.8 Å². The van der Waals surface area contributed by atoms with Gasteiger partial charge in [-0.15, -0.1) is 0 Å². The lowest BCUT2D eigenvalue weighted by atomic mass is 10.2. The molecule has 1 atom stereocenters. The molecule has 2 N–H and O–H groups in total. The van der Waals surface area contributed by atoms with Gasteiger partial charge in [-0.05, 0) is 25.1 Å². The normalized spacial score (nSPS) is 11.7. The molecule has 1 aromatic heterocycles. The van der Waals surface area contributed by atoms with E-state index in [4.69, 9.17) is 14.3 Å². The van der Waals surface area contributed by atoms with Gasteiger partial charge in [-0.1, -0.05) is 18.2 Å². The van der Waals surface area contributed by atoms with Gasteiger partial charge >= 0.3 is 5.97 Å². The summed E-state index contributed by atoms with van der Waals surface area (Å²) in [4.78, 5) is 22.7. The summed E-state index contributed by atoms with van der Waals surface area (Å²) in [7, 11) is 0. The minimum absolute atomic E-state index is 0.133. The van der Waals surface area contributed by atoms with E-state index in [1.807, 2.05) is 30.3 Å². The number of carbonyl (C=O) groups excluding carboxylic acids is 1. The molecule has 0 saturated heterocycles. The SMILES string of the molecule is CC(CC(=O)O)NC(=O)c1occc1COc1ccccc1. The Morgan fingerprint density at radius 1 is 1.27 bits per heavy atom. The Hall–Kier alpha value is -2.76. The van der Waals surface area contributed by atoms with Crippen molar-refractivity contribution in [2.45, 2.75) is 26.0 Å². The Labute approximate surface area is 127 Å². The van der Waals surface area contributed by atoms with Gasteiger partial charge in [0.1, 0.15) is 12.4 Å². The van der Waals surface area contributed by atoms with Gasteiger partial charge in [-0.25, -0.2) is 0 Å². The highest BCUT2D eigenvalue weighted by molar-refractivity contribution is 5.93. The van der Waals surface area contributed by atoms with Crippen LogP contribution in [0, 0.1) is 0 Å². The van der Waals surface area contributed by atoms with Crippen LogP contribution < -0.4 is 10.1 Å². The summed E-state index contributed by atoms with van der Waals surface area (Å²) in [5.74, 6) is -0.604. The number of amides is 1. The van der Waals surface area contributed by atoms with E-state index in [2.05, 4.69) is 5.32 Å². The zero-order valence-electron chi connectivity index (χ0n) is 12.1. The minimum atomic E-state index is -0.972. The number of hydrogen-bond acceptors (Lipinski definition) is 4. The summed E-state index contributed by atoms with van der Waals surface area (Å²) in [6.45, 7) is 1.81. The van der Waals surface area contributed by atoms with Crippen LogP contribution in [-0.4, -0.2) is 23.0 Å². The number of benzene rings is 1. The molecule has 0 aliphatic heterocycles. The zero-order valence-corrected chi connectivity index (χ0v) is 12.1. The first-order valence-corrected chi connectivity index (χ1v) is 6.83. The predicted octanol–water partition coefficient (Wildman–Crippen LogP) is 2.45. The maximum absolute atomic E-state index is 12.1. The number of carboxylic acid groups (broad SMARTS) is 1. The standard InChI is InChI=1S/C16H17NO5/c1-11(9-14(18)19)17-16(20)15-12(7-8-21-15)10-22-13-5-3-2-4-6-13/h2-8,11H,9-10H2,1H3,(H,17,20)(H,18,19). The quantitative estimate of drug-likeness (QED) is 0.820. The molecule has 116 valence electrons. The first-order chi connectivity index (χ1) is 10.6. The van der Waals surface area contributed by atoms with E-state index in [0.717, 1.165) is 0 Å². The Morgan fingerprint density at radius 3 is 2.68 bits per heavy atom. The zero-order chi connectivity index (χ0) is 15.9. The number of ether oxygens (including phenoxy) is 1.